The van der Waals surface area contributed by atoms with Gasteiger partial charge in [0.1, 0.15) is 4.88 Å². The molecular formula is C14H20N2O4S. The maximum atomic E-state index is 11.6. The van der Waals surface area contributed by atoms with Gasteiger partial charge in [0.25, 0.3) is 0 Å². The highest BCUT2D eigenvalue weighted by molar-refractivity contribution is 7.13. The molecule has 1 heterocycles. The summed E-state index contributed by atoms with van der Waals surface area (Å²) in [6.45, 7) is 6.02. The molecule has 0 spiro atoms. The van der Waals surface area contributed by atoms with Gasteiger partial charge in [0.2, 0.25) is 11.8 Å². The summed E-state index contributed by atoms with van der Waals surface area (Å²) in [5, 5.41) is 14.0. The van der Waals surface area contributed by atoms with Crippen LogP contribution in [0.3, 0.4) is 0 Å². The second-order valence-corrected chi connectivity index (χ2v) is 7.03. The highest BCUT2D eigenvalue weighted by atomic mass is 32.1. The number of thiophene rings is 1. The molecule has 0 fully saturated rings. The van der Waals surface area contributed by atoms with E-state index in [-0.39, 0.29) is 35.2 Å². The van der Waals surface area contributed by atoms with Crippen LogP contribution in [0.25, 0.3) is 0 Å². The molecular weight excluding hydrogens is 292 g/mol. The van der Waals surface area contributed by atoms with Crippen LogP contribution in [0.1, 0.15) is 41.7 Å². The Morgan fingerprint density at radius 1 is 1.14 bits per heavy atom. The second kappa shape index (κ2) is 7.21. The molecule has 116 valence electrons. The lowest BCUT2D eigenvalue weighted by atomic mass is 9.92. The lowest BCUT2D eigenvalue weighted by Gasteiger charge is -2.17. The number of carbonyl (C=O) groups is 3. The topological polar surface area (TPSA) is 95.5 Å². The van der Waals surface area contributed by atoms with E-state index in [1.807, 2.05) is 20.8 Å². The minimum atomic E-state index is -0.980. The van der Waals surface area contributed by atoms with Crippen LogP contribution in [0.15, 0.2) is 12.1 Å². The van der Waals surface area contributed by atoms with Crippen molar-refractivity contribution >= 4 is 29.1 Å². The third kappa shape index (κ3) is 6.89. The summed E-state index contributed by atoms with van der Waals surface area (Å²) in [4.78, 5) is 34.9. The summed E-state index contributed by atoms with van der Waals surface area (Å²) in [6.07, 6.45) is 0.354. The highest BCUT2D eigenvalue weighted by Crippen LogP contribution is 2.17. The fourth-order valence-electron chi connectivity index (χ4n) is 1.56. The van der Waals surface area contributed by atoms with E-state index >= 15 is 0 Å². The minimum absolute atomic E-state index is 0.0773. The van der Waals surface area contributed by atoms with E-state index in [4.69, 9.17) is 5.11 Å². The summed E-state index contributed by atoms with van der Waals surface area (Å²) in [5.74, 6) is -1.45. The molecule has 1 aromatic rings. The first-order valence-electron chi connectivity index (χ1n) is 6.53. The fraction of sp³-hybridized carbons (Fsp3) is 0.500. The maximum absolute atomic E-state index is 11.6. The Morgan fingerprint density at radius 2 is 1.81 bits per heavy atom. The molecule has 0 saturated carbocycles. The minimum Gasteiger partial charge on any atom is -0.477 e. The zero-order valence-corrected chi connectivity index (χ0v) is 13.2. The molecule has 7 heteroatoms. The van der Waals surface area contributed by atoms with Crippen LogP contribution in [-0.2, 0) is 16.1 Å². The van der Waals surface area contributed by atoms with Crippen LogP contribution < -0.4 is 10.6 Å². The van der Waals surface area contributed by atoms with E-state index in [0.29, 0.717) is 6.42 Å². The van der Waals surface area contributed by atoms with Gasteiger partial charge >= 0.3 is 5.97 Å². The van der Waals surface area contributed by atoms with E-state index in [9.17, 15) is 14.4 Å². The molecule has 0 radical (unpaired) electrons. The Balaban J connectivity index is 2.31. The number of carbonyl (C=O) groups excluding carboxylic acids is 2. The van der Waals surface area contributed by atoms with Crippen molar-refractivity contribution in [1.29, 1.82) is 0 Å². The van der Waals surface area contributed by atoms with Crippen LogP contribution >= 0.6 is 11.3 Å². The predicted octanol–water partition coefficient (Wildman–Crippen LogP) is 1.61. The monoisotopic (exact) mass is 312 g/mol. The number of hydrogen-bond donors (Lipinski definition) is 3. The van der Waals surface area contributed by atoms with Gasteiger partial charge in [-0.1, -0.05) is 20.8 Å². The van der Waals surface area contributed by atoms with Crippen LogP contribution in [0.2, 0.25) is 0 Å². The van der Waals surface area contributed by atoms with Crippen LogP contribution in [0.5, 0.6) is 0 Å². The van der Waals surface area contributed by atoms with Gasteiger partial charge in [-0.25, -0.2) is 4.79 Å². The number of rotatable bonds is 6. The molecule has 0 aliphatic heterocycles. The second-order valence-electron chi connectivity index (χ2n) is 5.86. The molecule has 0 bridgehead atoms. The lowest BCUT2D eigenvalue weighted by Crippen LogP contribution is -2.37. The van der Waals surface area contributed by atoms with Gasteiger partial charge in [0, 0.05) is 11.3 Å². The molecule has 21 heavy (non-hydrogen) atoms. The van der Waals surface area contributed by atoms with Gasteiger partial charge in [0.05, 0.1) is 13.1 Å². The Bertz CT molecular complexity index is 531. The highest BCUT2D eigenvalue weighted by Gasteiger charge is 2.16. The fourth-order valence-corrected chi connectivity index (χ4v) is 2.35. The van der Waals surface area contributed by atoms with Crippen molar-refractivity contribution in [2.45, 2.75) is 33.7 Å². The van der Waals surface area contributed by atoms with Gasteiger partial charge in [-0.05, 0) is 17.5 Å². The molecule has 1 rings (SSSR count). The number of hydrogen-bond acceptors (Lipinski definition) is 4. The van der Waals surface area contributed by atoms with Crippen molar-refractivity contribution in [2.24, 2.45) is 5.41 Å². The average molecular weight is 312 g/mol. The van der Waals surface area contributed by atoms with Crippen molar-refractivity contribution in [1.82, 2.24) is 10.6 Å². The predicted molar refractivity (Wildman–Crippen MR) is 80.2 cm³/mol. The molecule has 3 N–H and O–H groups in total. The number of carboxylic acids is 1. The number of aromatic carboxylic acids is 1. The quantitative estimate of drug-likeness (QED) is 0.743. The zero-order chi connectivity index (χ0) is 16.0. The summed E-state index contributed by atoms with van der Waals surface area (Å²) in [5.41, 5.74) is -0.120. The normalized spacial score (nSPS) is 11.0. The summed E-state index contributed by atoms with van der Waals surface area (Å²) in [7, 11) is 0. The first-order valence-corrected chi connectivity index (χ1v) is 7.34. The van der Waals surface area contributed by atoms with E-state index in [1.54, 1.807) is 6.07 Å². The third-order valence-corrected chi connectivity index (χ3v) is 3.54. The van der Waals surface area contributed by atoms with Gasteiger partial charge in [0.15, 0.2) is 0 Å². The van der Waals surface area contributed by atoms with E-state index in [1.165, 1.54) is 6.07 Å². The van der Waals surface area contributed by atoms with Gasteiger partial charge < -0.3 is 15.7 Å². The molecule has 0 aliphatic carbocycles. The molecule has 0 unspecified atom stereocenters. The Kier molecular flexibility index (Phi) is 5.90. The van der Waals surface area contributed by atoms with E-state index < -0.39 is 5.97 Å². The number of nitrogens with one attached hydrogen (secondary N) is 2. The van der Waals surface area contributed by atoms with E-state index in [2.05, 4.69) is 10.6 Å². The zero-order valence-electron chi connectivity index (χ0n) is 12.4. The SMILES string of the molecule is CC(C)(C)CC(=O)NCC(=O)NCc1ccc(C(=O)O)s1. The maximum Gasteiger partial charge on any atom is 0.345 e. The summed E-state index contributed by atoms with van der Waals surface area (Å²) >= 11 is 1.11. The average Bonchev–Trinajstić information content (AvgIpc) is 2.80. The molecule has 6 nitrogen and oxygen atoms in total. The van der Waals surface area contributed by atoms with Gasteiger partial charge in [-0.3, -0.25) is 9.59 Å². The van der Waals surface area contributed by atoms with Crippen molar-refractivity contribution in [3.63, 3.8) is 0 Å². The Labute approximate surface area is 127 Å². The standard InChI is InChI=1S/C14H20N2O4S/c1-14(2,3)6-11(17)16-8-12(18)15-7-9-4-5-10(21-9)13(19)20/h4-5H,6-8H2,1-3H3,(H,15,18)(H,16,17)(H,19,20). The lowest BCUT2D eigenvalue weighted by molar-refractivity contribution is -0.127. The first-order chi connectivity index (χ1) is 9.67. The van der Waals surface area contributed by atoms with Crippen LogP contribution in [0, 0.1) is 5.41 Å². The molecule has 0 saturated heterocycles. The number of amides is 2. The van der Waals surface area contributed by atoms with Crippen molar-refractivity contribution < 1.29 is 19.5 Å². The van der Waals surface area contributed by atoms with Crippen LogP contribution in [-0.4, -0.2) is 29.4 Å². The molecule has 0 aliphatic rings. The molecule has 0 aromatic carbocycles. The van der Waals surface area contributed by atoms with Crippen molar-refractivity contribution in [2.75, 3.05) is 6.54 Å². The molecule has 2 amide bonds. The number of carboxylic acid groups (broad SMARTS) is 1. The van der Waals surface area contributed by atoms with E-state index in [0.717, 1.165) is 16.2 Å². The van der Waals surface area contributed by atoms with Crippen molar-refractivity contribution in [3.8, 4) is 0 Å². The first kappa shape index (κ1) is 17.2. The summed E-state index contributed by atoms with van der Waals surface area (Å²) in [6, 6.07) is 3.16. The van der Waals surface area contributed by atoms with Gasteiger partial charge in [-0.15, -0.1) is 11.3 Å². The van der Waals surface area contributed by atoms with Crippen LogP contribution in [0.4, 0.5) is 0 Å². The third-order valence-electron chi connectivity index (χ3n) is 2.47. The summed E-state index contributed by atoms with van der Waals surface area (Å²) < 4.78 is 0. The van der Waals surface area contributed by atoms with Gasteiger partial charge in [-0.2, -0.15) is 0 Å². The molecule has 0 atom stereocenters. The largest absolute Gasteiger partial charge is 0.477 e. The molecule has 1 aromatic heterocycles. The Hall–Kier alpha value is -1.89. The smallest absolute Gasteiger partial charge is 0.345 e. The Morgan fingerprint density at radius 3 is 2.33 bits per heavy atom. The van der Waals surface area contributed by atoms with Crippen molar-refractivity contribution in [3.05, 3.63) is 21.9 Å².